The third kappa shape index (κ3) is 4.33. The molecule has 0 aliphatic carbocycles. The van der Waals surface area contributed by atoms with Crippen LogP contribution in [0.4, 0.5) is 5.69 Å². The topological polar surface area (TPSA) is 103 Å². The van der Waals surface area contributed by atoms with Crippen LogP contribution in [0, 0.1) is 6.92 Å². The van der Waals surface area contributed by atoms with Crippen LogP contribution in [-0.2, 0) is 0 Å². The van der Waals surface area contributed by atoms with Gasteiger partial charge >= 0.3 is 0 Å². The van der Waals surface area contributed by atoms with Crippen LogP contribution < -0.4 is 29.6 Å². The van der Waals surface area contributed by atoms with E-state index < -0.39 is 0 Å². The highest BCUT2D eigenvalue weighted by atomic mass is 35.5. The molecule has 0 fully saturated rings. The normalized spacial score (nSPS) is 10.3. The Labute approximate surface area is 94.5 Å². The SMILES string of the molecule is Cc1ccccc1N=C(N)N=C(N)N.[Cl-]. The second kappa shape index (κ2) is 5.87. The molecule has 0 spiro atoms. The third-order valence-electron chi connectivity index (χ3n) is 1.59. The number of hydrogen-bond donors (Lipinski definition) is 3. The standard InChI is InChI=1S/C9H13N5.ClH/c1-6-4-2-3-5-7(6)13-9(12)14-8(10)11;/h2-5H,1H3,(H6,10,11,12,13,14);1H/p-1. The minimum absolute atomic E-state index is 0. The maximum absolute atomic E-state index is 5.48. The first-order valence-electron chi connectivity index (χ1n) is 4.09. The van der Waals surface area contributed by atoms with Crippen molar-refractivity contribution < 1.29 is 12.4 Å². The van der Waals surface area contributed by atoms with Crippen LogP contribution in [-0.4, -0.2) is 11.9 Å². The van der Waals surface area contributed by atoms with Gasteiger partial charge in [0.05, 0.1) is 5.69 Å². The number of para-hydroxylation sites is 1. The van der Waals surface area contributed by atoms with Gasteiger partial charge in [0, 0.05) is 0 Å². The number of aryl methyl sites for hydroxylation is 1. The Kier molecular flexibility index (Phi) is 5.19. The average molecular weight is 227 g/mol. The van der Waals surface area contributed by atoms with Gasteiger partial charge in [0.15, 0.2) is 5.96 Å². The number of hydrogen-bond acceptors (Lipinski definition) is 1. The van der Waals surface area contributed by atoms with Crippen molar-refractivity contribution in [1.82, 2.24) is 0 Å². The summed E-state index contributed by atoms with van der Waals surface area (Å²) in [4.78, 5) is 7.66. The van der Waals surface area contributed by atoms with Crippen LogP contribution >= 0.6 is 0 Å². The number of nitrogens with zero attached hydrogens (tertiary/aromatic N) is 2. The first kappa shape index (κ1) is 13.2. The van der Waals surface area contributed by atoms with E-state index in [1.807, 2.05) is 31.2 Å². The molecule has 82 valence electrons. The number of rotatable bonds is 1. The van der Waals surface area contributed by atoms with Gasteiger partial charge in [-0.15, -0.1) is 0 Å². The van der Waals surface area contributed by atoms with E-state index in [9.17, 15) is 0 Å². The summed E-state index contributed by atoms with van der Waals surface area (Å²) in [7, 11) is 0. The summed E-state index contributed by atoms with van der Waals surface area (Å²) in [5.74, 6) is -0.0425. The summed E-state index contributed by atoms with van der Waals surface area (Å²) in [6.45, 7) is 1.93. The molecule has 0 saturated heterocycles. The van der Waals surface area contributed by atoms with E-state index in [0.717, 1.165) is 11.3 Å². The molecule has 0 heterocycles. The van der Waals surface area contributed by atoms with Crippen molar-refractivity contribution in [3.8, 4) is 0 Å². The molecule has 1 aromatic rings. The summed E-state index contributed by atoms with van der Waals surface area (Å²) in [5, 5.41) is 0. The zero-order chi connectivity index (χ0) is 10.6. The highest BCUT2D eigenvalue weighted by Crippen LogP contribution is 2.16. The number of nitrogens with two attached hydrogens (primary N) is 3. The van der Waals surface area contributed by atoms with E-state index >= 15 is 0 Å². The Morgan fingerprint density at radius 1 is 1.13 bits per heavy atom. The third-order valence-corrected chi connectivity index (χ3v) is 1.59. The molecule has 6 N–H and O–H groups in total. The molecule has 0 aliphatic heterocycles. The van der Waals surface area contributed by atoms with E-state index in [2.05, 4.69) is 9.98 Å². The lowest BCUT2D eigenvalue weighted by Gasteiger charge is -1.99. The maximum atomic E-state index is 5.48. The molecule has 0 unspecified atom stereocenters. The van der Waals surface area contributed by atoms with E-state index in [0.29, 0.717) is 0 Å². The lowest BCUT2D eigenvalue weighted by atomic mass is 10.2. The number of guanidine groups is 2. The quantitative estimate of drug-likeness (QED) is 0.357. The summed E-state index contributed by atoms with van der Waals surface area (Å²) in [6.07, 6.45) is 0. The molecule has 5 nitrogen and oxygen atoms in total. The Morgan fingerprint density at radius 2 is 1.73 bits per heavy atom. The highest BCUT2D eigenvalue weighted by molar-refractivity contribution is 5.93. The van der Waals surface area contributed by atoms with Gasteiger partial charge in [0.2, 0.25) is 5.96 Å². The lowest BCUT2D eigenvalue weighted by Crippen LogP contribution is -3.00. The van der Waals surface area contributed by atoms with Crippen molar-refractivity contribution in [3.05, 3.63) is 29.8 Å². The van der Waals surface area contributed by atoms with E-state index in [-0.39, 0.29) is 24.3 Å². The fourth-order valence-corrected chi connectivity index (χ4v) is 0.970. The van der Waals surface area contributed by atoms with Crippen LogP contribution in [0.15, 0.2) is 34.3 Å². The number of aliphatic imine (C=N–C) groups is 2. The van der Waals surface area contributed by atoms with Crippen molar-refractivity contribution in [1.29, 1.82) is 0 Å². The summed E-state index contributed by atoms with van der Waals surface area (Å²) in [5.41, 5.74) is 17.6. The van der Waals surface area contributed by atoms with Gasteiger partial charge < -0.3 is 29.6 Å². The summed E-state index contributed by atoms with van der Waals surface area (Å²) in [6, 6.07) is 7.56. The van der Waals surface area contributed by atoms with Crippen molar-refractivity contribution in [2.24, 2.45) is 27.2 Å². The second-order valence-corrected chi connectivity index (χ2v) is 2.79. The minimum Gasteiger partial charge on any atom is -1.00 e. The molecule has 0 aliphatic rings. The Hall–Kier alpha value is -1.75. The predicted octanol–water partition coefficient (Wildman–Crippen LogP) is -2.78. The Morgan fingerprint density at radius 3 is 2.27 bits per heavy atom. The zero-order valence-corrected chi connectivity index (χ0v) is 9.07. The molecular weight excluding hydrogens is 214 g/mol. The fourth-order valence-electron chi connectivity index (χ4n) is 0.970. The smallest absolute Gasteiger partial charge is 0.223 e. The maximum Gasteiger partial charge on any atom is 0.223 e. The average Bonchev–Trinajstić information content (AvgIpc) is 2.07. The van der Waals surface area contributed by atoms with Gasteiger partial charge in [-0.3, -0.25) is 0 Å². The molecule has 6 heteroatoms. The molecule has 0 radical (unpaired) electrons. The first-order valence-corrected chi connectivity index (χ1v) is 4.09. The van der Waals surface area contributed by atoms with E-state index in [1.54, 1.807) is 0 Å². The van der Waals surface area contributed by atoms with Crippen LogP contribution in [0.3, 0.4) is 0 Å². The van der Waals surface area contributed by atoms with Gasteiger partial charge in [-0.05, 0) is 18.6 Å². The van der Waals surface area contributed by atoms with Gasteiger partial charge in [-0.2, -0.15) is 4.99 Å². The highest BCUT2D eigenvalue weighted by Gasteiger charge is 1.95. The van der Waals surface area contributed by atoms with E-state index in [1.165, 1.54) is 0 Å². The van der Waals surface area contributed by atoms with Crippen molar-refractivity contribution in [3.63, 3.8) is 0 Å². The second-order valence-electron chi connectivity index (χ2n) is 2.79. The Bertz CT molecular complexity index is 382. The van der Waals surface area contributed by atoms with Crippen LogP contribution in [0.5, 0.6) is 0 Å². The number of benzene rings is 1. The molecule has 1 aromatic carbocycles. The first-order chi connectivity index (χ1) is 6.59. The van der Waals surface area contributed by atoms with Crippen molar-refractivity contribution in [2.45, 2.75) is 6.92 Å². The summed E-state index contributed by atoms with van der Waals surface area (Å²) < 4.78 is 0. The molecule has 0 bridgehead atoms. The van der Waals surface area contributed by atoms with E-state index in [4.69, 9.17) is 17.2 Å². The van der Waals surface area contributed by atoms with Crippen LogP contribution in [0.1, 0.15) is 5.56 Å². The van der Waals surface area contributed by atoms with Gasteiger partial charge in [-0.1, -0.05) is 18.2 Å². The van der Waals surface area contributed by atoms with Gasteiger partial charge in [0.1, 0.15) is 0 Å². The summed E-state index contributed by atoms with van der Waals surface area (Å²) >= 11 is 0. The largest absolute Gasteiger partial charge is 1.00 e. The lowest BCUT2D eigenvalue weighted by molar-refractivity contribution is -0.00000352. The molecular formula is C9H13ClN5-. The van der Waals surface area contributed by atoms with Crippen molar-refractivity contribution >= 4 is 17.6 Å². The van der Waals surface area contributed by atoms with Gasteiger partial charge in [-0.25, -0.2) is 4.99 Å². The monoisotopic (exact) mass is 226 g/mol. The van der Waals surface area contributed by atoms with Crippen LogP contribution in [0.25, 0.3) is 0 Å². The molecule has 15 heavy (non-hydrogen) atoms. The fraction of sp³-hybridized carbons (Fsp3) is 0.111. The van der Waals surface area contributed by atoms with Crippen molar-refractivity contribution in [2.75, 3.05) is 0 Å². The molecule has 1 rings (SSSR count). The zero-order valence-electron chi connectivity index (χ0n) is 8.31. The predicted molar refractivity (Wildman–Crippen MR) is 58.3 cm³/mol. The molecule has 0 saturated carbocycles. The molecule has 0 atom stereocenters. The minimum atomic E-state index is -0.0974. The molecule has 0 amide bonds. The van der Waals surface area contributed by atoms with Crippen LogP contribution in [0.2, 0.25) is 0 Å². The van der Waals surface area contributed by atoms with Gasteiger partial charge in [0.25, 0.3) is 0 Å². The Balaban J connectivity index is 0.00000196. The number of halogens is 1. The molecule has 0 aromatic heterocycles.